The van der Waals surface area contributed by atoms with Crippen molar-refractivity contribution in [2.45, 2.75) is 13.5 Å². The summed E-state index contributed by atoms with van der Waals surface area (Å²) in [6, 6.07) is 8.22. The minimum absolute atomic E-state index is 0.590. The normalized spacial score (nSPS) is 10.2. The molecule has 2 aromatic rings. The van der Waals surface area contributed by atoms with E-state index < -0.39 is 0 Å². The number of aromatic nitrogens is 1. The molecule has 1 aromatic carbocycles. The van der Waals surface area contributed by atoms with Gasteiger partial charge in [0.15, 0.2) is 0 Å². The minimum Gasteiger partial charge on any atom is -0.355 e. The first kappa shape index (κ1) is 9.98. The lowest BCUT2D eigenvalue weighted by molar-refractivity contribution is -0.109. The molecule has 0 saturated heterocycles. The molecule has 15 heavy (non-hydrogen) atoms. The van der Waals surface area contributed by atoms with Crippen LogP contribution in [0.5, 0.6) is 0 Å². The number of aromatic amines is 1. The topological polar surface area (TPSA) is 44.9 Å². The molecule has 0 aliphatic rings. The molecule has 0 saturated carbocycles. The molecule has 0 aliphatic carbocycles. The quantitative estimate of drug-likeness (QED) is 0.763. The van der Waals surface area contributed by atoms with Crippen LogP contribution in [-0.4, -0.2) is 10.8 Å². The van der Waals surface area contributed by atoms with Crippen LogP contribution in [0, 0.1) is 6.92 Å². The molecule has 0 unspecified atom stereocenters. The largest absolute Gasteiger partial charge is 0.355 e. The first-order valence-electron chi connectivity index (χ1n) is 4.71. The van der Waals surface area contributed by atoms with E-state index in [1.54, 1.807) is 11.5 Å². The van der Waals surface area contributed by atoms with Gasteiger partial charge in [0, 0.05) is 12.2 Å². The van der Waals surface area contributed by atoms with Crippen molar-refractivity contribution in [3.8, 4) is 10.4 Å². The van der Waals surface area contributed by atoms with Gasteiger partial charge in [0.1, 0.15) is 0 Å². The summed E-state index contributed by atoms with van der Waals surface area (Å²) in [5.41, 5.74) is 3.56. The molecule has 2 N–H and O–H groups in total. The van der Waals surface area contributed by atoms with Crippen LogP contribution in [0.2, 0.25) is 0 Å². The highest BCUT2D eigenvalue weighted by Gasteiger charge is 2.05. The van der Waals surface area contributed by atoms with Crippen LogP contribution >= 0.6 is 11.5 Å². The Morgan fingerprint density at radius 2 is 2.13 bits per heavy atom. The van der Waals surface area contributed by atoms with Crippen molar-refractivity contribution in [2.24, 2.45) is 0 Å². The zero-order valence-corrected chi connectivity index (χ0v) is 9.23. The van der Waals surface area contributed by atoms with E-state index in [-0.39, 0.29) is 0 Å². The van der Waals surface area contributed by atoms with Gasteiger partial charge in [-0.15, -0.1) is 0 Å². The molecule has 1 aromatic heterocycles. The minimum atomic E-state index is 0.590. The Morgan fingerprint density at radius 1 is 1.40 bits per heavy atom. The Kier molecular flexibility index (Phi) is 2.87. The molecule has 4 heteroatoms. The average molecular weight is 220 g/mol. The van der Waals surface area contributed by atoms with E-state index in [9.17, 15) is 4.79 Å². The molecule has 0 atom stereocenters. The van der Waals surface area contributed by atoms with E-state index in [0.717, 1.165) is 5.56 Å². The lowest BCUT2D eigenvalue weighted by atomic mass is 10.1. The first-order chi connectivity index (χ1) is 7.31. The second-order valence-corrected chi connectivity index (χ2v) is 4.17. The summed E-state index contributed by atoms with van der Waals surface area (Å²) >= 11 is 1.65. The molecule has 0 fully saturated rings. The number of benzene rings is 1. The second-order valence-electron chi connectivity index (χ2n) is 3.35. The number of carbonyl (C=O) groups is 1. The molecule has 78 valence electrons. The fourth-order valence-electron chi connectivity index (χ4n) is 1.41. The number of amides is 1. The summed E-state index contributed by atoms with van der Waals surface area (Å²) in [5.74, 6) is 0. The van der Waals surface area contributed by atoms with Gasteiger partial charge in [-0.05, 0) is 18.1 Å². The number of rotatable bonds is 4. The van der Waals surface area contributed by atoms with E-state index in [0.29, 0.717) is 13.0 Å². The molecular weight excluding hydrogens is 208 g/mol. The molecule has 2 rings (SSSR count). The summed E-state index contributed by atoms with van der Waals surface area (Å²) in [5, 5.41) is 2.64. The van der Waals surface area contributed by atoms with Gasteiger partial charge in [0.2, 0.25) is 6.41 Å². The number of hydrogen-bond acceptors (Lipinski definition) is 2. The van der Waals surface area contributed by atoms with Crippen molar-refractivity contribution in [3.63, 3.8) is 0 Å². The zero-order valence-electron chi connectivity index (χ0n) is 8.41. The lowest BCUT2D eigenvalue weighted by Crippen LogP contribution is -2.09. The third-order valence-electron chi connectivity index (χ3n) is 2.25. The fraction of sp³-hybridized carbons (Fsp3) is 0.182. The molecular formula is C11H12N2OS. The Balaban J connectivity index is 2.12. The third-order valence-corrected chi connectivity index (χ3v) is 3.41. The number of carbonyl (C=O) groups excluding carboxylic acids is 1. The Morgan fingerprint density at radius 3 is 2.60 bits per heavy atom. The van der Waals surface area contributed by atoms with Gasteiger partial charge < -0.3 is 9.69 Å². The summed E-state index contributed by atoms with van der Waals surface area (Å²) in [6.45, 7) is 2.65. The predicted molar refractivity (Wildman–Crippen MR) is 61.7 cm³/mol. The van der Waals surface area contributed by atoms with Crippen LogP contribution in [0.3, 0.4) is 0 Å². The first-order valence-corrected chi connectivity index (χ1v) is 5.53. The van der Waals surface area contributed by atoms with E-state index in [1.165, 1.54) is 16.1 Å². The van der Waals surface area contributed by atoms with Gasteiger partial charge in [0.05, 0.1) is 4.88 Å². The summed E-state index contributed by atoms with van der Waals surface area (Å²) < 4.78 is 3.14. The van der Waals surface area contributed by atoms with Crippen molar-refractivity contribution in [3.05, 3.63) is 35.5 Å². The third kappa shape index (κ3) is 2.10. The van der Waals surface area contributed by atoms with E-state index in [4.69, 9.17) is 0 Å². The standard InChI is InChI=1S/C11H12N2OS/c1-8-11(15-13-8)10-4-2-9(3-5-10)6-12-7-14/h2-5,7,13H,6H2,1H3,(H,12,14). The Hall–Kier alpha value is -1.55. The van der Waals surface area contributed by atoms with Crippen LogP contribution in [0.4, 0.5) is 0 Å². The zero-order chi connectivity index (χ0) is 10.7. The highest BCUT2D eigenvalue weighted by molar-refractivity contribution is 7.11. The van der Waals surface area contributed by atoms with Crippen molar-refractivity contribution in [1.29, 1.82) is 0 Å². The molecule has 3 nitrogen and oxygen atoms in total. The molecule has 0 spiro atoms. The Labute approximate surface area is 92.3 Å². The summed E-state index contributed by atoms with van der Waals surface area (Å²) in [4.78, 5) is 11.4. The second kappa shape index (κ2) is 4.31. The van der Waals surface area contributed by atoms with Gasteiger partial charge in [0.25, 0.3) is 0 Å². The molecule has 0 bridgehead atoms. The van der Waals surface area contributed by atoms with Gasteiger partial charge in [-0.3, -0.25) is 4.79 Å². The van der Waals surface area contributed by atoms with E-state index in [2.05, 4.69) is 28.7 Å². The van der Waals surface area contributed by atoms with Gasteiger partial charge >= 0.3 is 0 Å². The van der Waals surface area contributed by atoms with E-state index in [1.807, 2.05) is 12.1 Å². The highest BCUT2D eigenvalue weighted by atomic mass is 32.1. The number of nitrogens with one attached hydrogen (secondary N) is 2. The van der Waals surface area contributed by atoms with Crippen LogP contribution < -0.4 is 5.32 Å². The van der Waals surface area contributed by atoms with Crippen LogP contribution in [0.25, 0.3) is 10.4 Å². The molecule has 0 radical (unpaired) electrons. The van der Waals surface area contributed by atoms with Crippen LogP contribution in [0.15, 0.2) is 24.3 Å². The number of hydrogen-bond donors (Lipinski definition) is 2. The summed E-state index contributed by atoms with van der Waals surface area (Å²) in [6.07, 6.45) is 0.715. The van der Waals surface area contributed by atoms with Crippen LogP contribution in [-0.2, 0) is 11.3 Å². The van der Waals surface area contributed by atoms with Gasteiger partial charge in [-0.2, -0.15) is 0 Å². The van der Waals surface area contributed by atoms with Crippen molar-refractivity contribution in [2.75, 3.05) is 0 Å². The molecule has 0 aliphatic heterocycles. The summed E-state index contributed by atoms with van der Waals surface area (Å²) in [7, 11) is 0. The average Bonchev–Trinajstić information content (AvgIpc) is 2.26. The Bertz CT molecular complexity index is 441. The maximum absolute atomic E-state index is 10.1. The SMILES string of the molecule is Cc1[nH]sc1-c1ccc(CNC=O)cc1. The molecule has 1 heterocycles. The highest BCUT2D eigenvalue weighted by Crippen LogP contribution is 2.28. The number of aryl methyl sites for hydroxylation is 1. The fourth-order valence-corrected chi connectivity index (χ4v) is 2.08. The maximum Gasteiger partial charge on any atom is 0.207 e. The number of H-pyrrole nitrogens is 1. The predicted octanol–water partition coefficient (Wildman–Crippen LogP) is 2.30. The maximum atomic E-state index is 10.1. The van der Waals surface area contributed by atoms with Crippen LogP contribution in [0.1, 0.15) is 11.3 Å². The lowest BCUT2D eigenvalue weighted by Gasteiger charge is -2.09. The van der Waals surface area contributed by atoms with Crippen molar-refractivity contribution < 1.29 is 4.79 Å². The molecule has 1 amide bonds. The monoisotopic (exact) mass is 220 g/mol. The van der Waals surface area contributed by atoms with Gasteiger partial charge in [-0.1, -0.05) is 35.8 Å². The van der Waals surface area contributed by atoms with Crippen molar-refractivity contribution in [1.82, 2.24) is 9.69 Å². The van der Waals surface area contributed by atoms with Gasteiger partial charge in [-0.25, -0.2) is 0 Å². The van der Waals surface area contributed by atoms with E-state index >= 15 is 0 Å². The smallest absolute Gasteiger partial charge is 0.207 e. The van der Waals surface area contributed by atoms with Crippen molar-refractivity contribution >= 4 is 17.9 Å².